The Hall–Kier alpha value is -3.97. The number of aromatic nitrogens is 3. The Bertz CT molecular complexity index is 1230. The van der Waals surface area contributed by atoms with E-state index in [1.54, 1.807) is 6.20 Å². The number of fused-ring (bicyclic) bond motifs is 1. The molecule has 1 aliphatic rings. The van der Waals surface area contributed by atoms with E-state index >= 15 is 0 Å². The van der Waals surface area contributed by atoms with Crippen molar-refractivity contribution in [1.82, 2.24) is 24.8 Å². The largest absolute Gasteiger partial charge is 0.492 e. The molecule has 0 saturated carbocycles. The summed E-state index contributed by atoms with van der Waals surface area (Å²) in [5.74, 6) is 1.61. The van der Waals surface area contributed by atoms with Gasteiger partial charge in [-0.05, 0) is 35.7 Å². The van der Waals surface area contributed by atoms with Crippen molar-refractivity contribution < 1.29 is 9.53 Å². The first-order chi connectivity index (χ1) is 17.3. The number of para-hydroxylation sites is 1. The fraction of sp³-hybridized carbons (Fsp3) is 0.250. The Balaban J connectivity index is 1.29. The highest BCUT2D eigenvalue weighted by molar-refractivity contribution is 5.92. The van der Waals surface area contributed by atoms with E-state index < -0.39 is 0 Å². The maximum Gasteiger partial charge on any atom is 0.271 e. The van der Waals surface area contributed by atoms with Crippen LogP contribution in [-0.4, -0.2) is 51.6 Å². The van der Waals surface area contributed by atoms with Gasteiger partial charge in [0.25, 0.3) is 5.91 Å². The van der Waals surface area contributed by atoms with Gasteiger partial charge in [0.15, 0.2) is 0 Å². The second-order valence-corrected chi connectivity index (χ2v) is 8.56. The van der Waals surface area contributed by atoms with Crippen LogP contribution in [0.4, 0.5) is 0 Å². The third kappa shape index (κ3) is 5.58. The fourth-order valence-corrected chi connectivity index (χ4v) is 4.46. The number of rotatable bonds is 9. The van der Waals surface area contributed by atoms with Crippen LogP contribution < -0.4 is 10.1 Å². The number of hydrogen-bond donors (Lipinski definition) is 1. The number of nitrogens with zero attached hydrogens (tertiary/aromatic N) is 4. The number of nitrogens with one attached hydrogen (secondary N) is 1. The van der Waals surface area contributed by atoms with E-state index in [2.05, 4.69) is 31.9 Å². The Morgan fingerprint density at radius 1 is 1.00 bits per heavy atom. The Kier molecular flexibility index (Phi) is 7.15. The number of benzene rings is 2. The average molecular weight is 468 g/mol. The molecule has 7 nitrogen and oxygen atoms in total. The van der Waals surface area contributed by atoms with Crippen molar-refractivity contribution in [2.75, 3.05) is 26.2 Å². The van der Waals surface area contributed by atoms with Gasteiger partial charge in [0, 0.05) is 44.8 Å². The molecule has 0 spiro atoms. The van der Waals surface area contributed by atoms with Crippen LogP contribution in [0.3, 0.4) is 0 Å². The number of carbonyl (C=O) groups is 1. The van der Waals surface area contributed by atoms with E-state index in [1.165, 1.54) is 0 Å². The van der Waals surface area contributed by atoms with Crippen LogP contribution in [0.1, 0.15) is 33.5 Å². The van der Waals surface area contributed by atoms with E-state index in [1.807, 2.05) is 73.1 Å². The van der Waals surface area contributed by atoms with Gasteiger partial charge in [-0.1, -0.05) is 54.6 Å². The number of amides is 1. The molecule has 0 fully saturated rings. The van der Waals surface area contributed by atoms with Gasteiger partial charge in [-0.25, -0.2) is 4.98 Å². The molecule has 1 unspecified atom stereocenters. The van der Waals surface area contributed by atoms with Crippen LogP contribution in [0.5, 0.6) is 5.75 Å². The van der Waals surface area contributed by atoms with Crippen LogP contribution in [0, 0.1) is 0 Å². The molecule has 1 amide bonds. The van der Waals surface area contributed by atoms with E-state index in [4.69, 9.17) is 9.72 Å². The molecule has 0 bridgehead atoms. The molecule has 0 aliphatic carbocycles. The number of ether oxygens (including phenoxy) is 1. The van der Waals surface area contributed by atoms with Crippen LogP contribution in [0.2, 0.25) is 0 Å². The molecule has 5 rings (SSSR count). The van der Waals surface area contributed by atoms with Gasteiger partial charge in [-0.2, -0.15) is 0 Å². The summed E-state index contributed by atoms with van der Waals surface area (Å²) in [5.41, 5.74) is 2.70. The lowest BCUT2D eigenvalue weighted by molar-refractivity contribution is 0.0949. The van der Waals surface area contributed by atoms with Crippen LogP contribution in [0.25, 0.3) is 0 Å². The Morgan fingerprint density at radius 2 is 1.80 bits per heavy atom. The molecule has 35 heavy (non-hydrogen) atoms. The summed E-state index contributed by atoms with van der Waals surface area (Å²) in [4.78, 5) is 24.2. The summed E-state index contributed by atoms with van der Waals surface area (Å²) in [5, 5.41) is 3.00. The first-order valence-corrected chi connectivity index (χ1v) is 12.0. The van der Waals surface area contributed by atoms with E-state index in [0.29, 0.717) is 18.8 Å². The van der Waals surface area contributed by atoms with Crippen molar-refractivity contribution in [1.29, 1.82) is 0 Å². The Labute approximate surface area is 205 Å². The highest BCUT2D eigenvalue weighted by Crippen LogP contribution is 2.31. The van der Waals surface area contributed by atoms with E-state index in [-0.39, 0.29) is 11.9 Å². The third-order valence-electron chi connectivity index (χ3n) is 6.21. The number of pyridine rings is 1. The van der Waals surface area contributed by atoms with Gasteiger partial charge in [0.1, 0.15) is 23.9 Å². The van der Waals surface area contributed by atoms with Crippen molar-refractivity contribution in [3.63, 3.8) is 0 Å². The molecule has 3 heterocycles. The molecule has 4 aromatic rings. The summed E-state index contributed by atoms with van der Waals surface area (Å²) >= 11 is 0. The normalized spacial score (nSPS) is 15.4. The van der Waals surface area contributed by atoms with Gasteiger partial charge >= 0.3 is 0 Å². The van der Waals surface area contributed by atoms with Crippen LogP contribution in [-0.2, 0) is 13.0 Å². The SMILES string of the molecule is O=C(NCCc1cccnc1)c1cn2c(n1)C(c1ccccc1)N(CCOc1ccccc1)CC2. The molecular weight excluding hydrogens is 438 g/mol. The number of imidazole rings is 1. The van der Waals surface area contributed by atoms with Crippen molar-refractivity contribution in [2.45, 2.75) is 19.0 Å². The molecule has 7 heteroatoms. The lowest BCUT2D eigenvalue weighted by Crippen LogP contribution is -2.41. The van der Waals surface area contributed by atoms with Gasteiger partial charge in [-0.15, -0.1) is 0 Å². The van der Waals surface area contributed by atoms with Gasteiger partial charge in [0.05, 0.1) is 6.04 Å². The van der Waals surface area contributed by atoms with E-state index in [0.717, 1.165) is 48.8 Å². The minimum Gasteiger partial charge on any atom is -0.492 e. The molecule has 2 aromatic carbocycles. The maximum absolute atomic E-state index is 12.9. The predicted octanol–water partition coefficient (Wildman–Crippen LogP) is 3.73. The molecule has 178 valence electrons. The zero-order valence-corrected chi connectivity index (χ0v) is 19.6. The second-order valence-electron chi connectivity index (χ2n) is 8.56. The minimum atomic E-state index is -0.151. The van der Waals surface area contributed by atoms with E-state index in [9.17, 15) is 4.79 Å². The molecular formula is C28H29N5O2. The fourth-order valence-electron chi connectivity index (χ4n) is 4.46. The molecule has 0 saturated heterocycles. The first-order valence-electron chi connectivity index (χ1n) is 12.0. The summed E-state index contributed by atoms with van der Waals surface area (Å²) in [6.07, 6.45) is 6.18. The zero-order valence-electron chi connectivity index (χ0n) is 19.6. The van der Waals surface area contributed by atoms with Gasteiger partial charge < -0.3 is 14.6 Å². The highest BCUT2D eigenvalue weighted by atomic mass is 16.5. The van der Waals surface area contributed by atoms with Crippen molar-refractivity contribution in [3.8, 4) is 5.75 Å². The Morgan fingerprint density at radius 3 is 2.57 bits per heavy atom. The minimum absolute atomic E-state index is 0.0405. The summed E-state index contributed by atoms with van der Waals surface area (Å²) in [7, 11) is 0. The third-order valence-corrected chi connectivity index (χ3v) is 6.21. The zero-order chi connectivity index (χ0) is 23.9. The van der Waals surface area contributed by atoms with Gasteiger partial charge in [0.2, 0.25) is 0 Å². The van der Waals surface area contributed by atoms with Crippen molar-refractivity contribution in [3.05, 3.63) is 114 Å². The summed E-state index contributed by atoms with van der Waals surface area (Å²) in [6.45, 7) is 3.50. The molecule has 1 N–H and O–H groups in total. The van der Waals surface area contributed by atoms with Crippen molar-refractivity contribution in [2.24, 2.45) is 0 Å². The molecule has 1 aliphatic heterocycles. The molecule has 1 atom stereocenters. The lowest BCUT2D eigenvalue weighted by Gasteiger charge is -2.36. The number of carbonyl (C=O) groups excluding carboxylic acids is 1. The first kappa shape index (κ1) is 22.8. The summed E-state index contributed by atoms with van der Waals surface area (Å²) < 4.78 is 8.08. The number of hydrogen-bond acceptors (Lipinski definition) is 5. The smallest absolute Gasteiger partial charge is 0.271 e. The van der Waals surface area contributed by atoms with Crippen LogP contribution in [0.15, 0.2) is 91.4 Å². The topological polar surface area (TPSA) is 72.3 Å². The highest BCUT2D eigenvalue weighted by Gasteiger charge is 2.31. The second kappa shape index (κ2) is 11.0. The average Bonchev–Trinajstić information content (AvgIpc) is 3.35. The quantitative estimate of drug-likeness (QED) is 0.406. The lowest BCUT2D eigenvalue weighted by atomic mass is 10.0. The molecule has 2 aromatic heterocycles. The standard InChI is InChI=1S/C28H29N5O2/c34-28(30-15-13-22-8-7-14-29-20-22)25-21-33-17-16-32(18-19-35-24-11-5-2-6-12-24)26(27(33)31-25)23-9-3-1-4-10-23/h1-12,14,20-21,26H,13,15-19H2,(H,30,34). The maximum atomic E-state index is 12.9. The molecule has 0 radical (unpaired) electrons. The predicted molar refractivity (Wildman–Crippen MR) is 134 cm³/mol. The van der Waals surface area contributed by atoms with Gasteiger partial charge in [-0.3, -0.25) is 14.7 Å². The van der Waals surface area contributed by atoms with Crippen LogP contribution >= 0.6 is 0 Å². The monoisotopic (exact) mass is 467 g/mol. The summed E-state index contributed by atoms with van der Waals surface area (Å²) in [6, 6.07) is 24.1. The van der Waals surface area contributed by atoms with Crippen molar-refractivity contribution >= 4 is 5.91 Å².